The number of esters is 1. The zero-order chi connectivity index (χ0) is 17.0. The molecule has 0 heterocycles. The van der Waals surface area contributed by atoms with E-state index in [4.69, 9.17) is 4.74 Å². The number of rotatable bonds is 7. The minimum Gasteiger partial charge on any atom is -0.452 e. The molecule has 0 aromatic heterocycles. The average molecular weight is 338 g/mol. The van der Waals surface area contributed by atoms with Gasteiger partial charge in [-0.25, -0.2) is 4.79 Å². The highest BCUT2D eigenvalue weighted by atomic mass is 32.2. The topological polar surface area (TPSA) is 98.5 Å². The van der Waals surface area contributed by atoms with Gasteiger partial charge in [-0.3, -0.25) is 14.9 Å². The van der Waals surface area contributed by atoms with E-state index in [0.29, 0.717) is 10.8 Å². The quantitative estimate of drug-likeness (QED) is 0.355. The van der Waals surface area contributed by atoms with Crippen LogP contribution in [0.2, 0.25) is 0 Å². The van der Waals surface area contributed by atoms with Gasteiger partial charge in [0, 0.05) is 12.1 Å². The van der Waals surface area contributed by atoms with Crippen molar-refractivity contribution in [3.05, 3.63) is 33.9 Å². The molecular formula is C15H18N2O5S. The summed E-state index contributed by atoms with van der Waals surface area (Å²) in [5.74, 6) is -0.612. The number of amides is 1. The summed E-state index contributed by atoms with van der Waals surface area (Å²) in [4.78, 5) is 34.5. The minimum atomic E-state index is -0.755. The monoisotopic (exact) mass is 338 g/mol. The molecule has 1 aliphatic rings. The second-order valence-electron chi connectivity index (χ2n) is 5.41. The fraction of sp³-hybridized carbons (Fsp3) is 0.467. The summed E-state index contributed by atoms with van der Waals surface area (Å²) in [5.41, 5.74) is -0.101. The molecule has 0 aliphatic heterocycles. The predicted molar refractivity (Wildman–Crippen MR) is 85.5 cm³/mol. The van der Waals surface area contributed by atoms with Crippen LogP contribution in [0.3, 0.4) is 0 Å². The van der Waals surface area contributed by atoms with E-state index in [1.807, 2.05) is 6.92 Å². The van der Waals surface area contributed by atoms with E-state index in [9.17, 15) is 19.7 Å². The van der Waals surface area contributed by atoms with Crippen molar-refractivity contribution in [2.75, 3.05) is 12.9 Å². The van der Waals surface area contributed by atoms with E-state index in [1.165, 1.54) is 30.0 Å². The van der Waals surface area contributed by atoms with E-state index in [1.54, 1.807) is 6.26 Å². The molecule has 1 atom stereocenters. The van der Waals surface area contributed by atoms with E-state index in [-0.39, 0.29) is 23.2 Å². The zero-order valence-corrected chi connectivity index (χ0v) is 13.7. The van der Waals surface area contributed by atoms with Crippen LogP contribution in [0.1, 0.15) is 30.1 Å². The standard InChI is InChI=1S/C15H18N2O5S/c1-9(10-3-4-10)16-14(18)8-22-15(19)11-5-6-13(23-2)12(7-11)17(20)21/h5-7,9-10H,3-4,8H2,1-2H3,(H,16,18)/t9-/m0/s1. The zero-order valence-electron chi connectivity index (χ0n) is 12.9. The molecule has 23 heavy (non-hydrogen) atoms. The van der Waals surface area contributed by atoms with Gasteiger partial charge in [0.25, 0.3) is 11.6 Å². The number of nitro benzene ring substituents is 1. The van der Waals surface area contributed by atoms with Crippen LogP contribution in [-0.2, 0) is 9.53 Å². The second kappa shape index (κ2) is 7.45. The van der Waals surface area contributed by atoms with E-state index < -0.39 is 17.5 Å². The molecule has 0 saturated heterocycles. The number of carbonyl (C=O) groups excluding carboxylic acids is 2. The Kier molecular flexibility index (Phi) is 5.59. The van der Waals surface area contributed by atoms with Crippen LogP contribution in [0.5, 0.6) is 0 Å². The number of carbonyl (C=O) groups is 2. The number of thioether (sulfide) groups is 1. The van der Waals surface area contributed by atoms with Crippen LogP contribution in [-0.4, -0.2) is 35.7 Å². The molecule has 1 fully saturated rings. The number of ether oxygens (including phenoxy) is 1. The maximum atomic E-state index is 11.9. The Labute approximate surface area is 137 Å². The Balaban J connectivity index is 1.93. The summed E-state index contributed by atoms with van der Waals surface area (Å²) >= 11 is 1.22. The number of nitro groups is 1. The third-order valence-corrected chi connectivity index (χ3v) is 4.45. The third kappa shape index (κ3) is 4.69. The van der Waals surface area contributed by atoms with Crippen molar-refractivity contribution in [2.24, 2.45) is 5.92 Å². The van der Waals surface area contributed by atoms with Gasteiger partial charge in [-0.15, -0.1) is 11.8 Å². The van der Waals surface area contributed by atoms with Crippen LogP contribution in [0.4, 0.5) is 5.69 Å². The van der Waals surface area contributed by atoms with E-state index in [2.05, 4.69) is 5.32 Å². The van der Waals surface area contributed by atoms with Gasteiger partial charge in [-0.2, -0.15) is 0 Å². The van der Waals surface area contributed by atoms with Crippen molar-refractivity contribution in [1.29, 1.82) is 0 Å². The lowest BCUT2D eigenvalue weighted by atomic mass is 10.2. The Bertz CT molecular complexity index is 630. The van der Waals surface area contributed by atoms with Crippen LogP contribution >= 0.6 is 11.8 Å². The van der Waals surface area contributed by atoms with Crippen molar-refractivity contribution in [3.8, 4) is 0 Å². The van der Waals surface area contributed by atoms with Crippen molar-refractivity contribution in [3.63, 3.8) is 0 Å². The normalized spacial score (nSPS) is 14.9. The molecule has 0 spiro atoms. The number of hydrogen-bond donors (Lipinski definition) is 1. The van der Waals surface area contributed by atoms with Crippen LogP contribution in [0.15, 0.2) is 23.1 Å². The summed E-state index contributed by atoms with van der Waals surface area (Å²) < 4.78 is 4.92. The Morgan fingerprint density at radius 1 is 1.48 bits per heavy atom. The lowest BCUT2D eigenvalue weighted by molar-refractivity contribution is -0.387. The average Bonchev–Trinajstić information content (AvgIpc) is 3.36. The van der Waals surface area contributed by atoms with Crippen molar-refractivity contribution < 1.29 is 19.2 Å². The molecule has 124 valence electrons. The molecular weight excluding hydrogens is 320 g/mol. The first kappa shape index (κ1) is 17.3. The molecule has 1 amide bonds. The number of benzene rings is 1. The summed E-state index contributed by atoms with van der Waals surface area (Å²) in [6.07, 6.45) is 3.92. The molecule has 1 N–H and O–H groups in total. The molecule has 7 nitrogen and oxygen atoms in total. The molecule has 8 heteroatoms. The molecule has 1 aromatic carbocycles. The Morgan fingerprint density at radius 2 is 2.17 bits per heavy atom. The summed E-state index contributed by atoms with van der Waals surface area (Å²) in [6.45, 7) is 1.52. The molecule has 2 rings (SSSR count). The fourth-order valence-corrected chi connectivity index (χ4v) is 2.73. The van der Waals surface area contributed by atoms with Gasteiger partial charge in [0.15, 0.2) is 6.61 Å². The fourth-order valence-electron chi connectivity index (χ4n) is 2.18. The highest BCUT2D eigenvalue weighted by molar-refractivity contribution is 7.98. The highest BCUT2D eigenvalue weighted by Gasteiger charge is 2.29. The molecule has 1 saturated carbocycles. The lowest BCUT2D eigenvalue weighted by Gasteiger charge is -2.12. The molecule has 0 unspecified atom stereocenters. The maximum absolute atomic E-state index is 11.9. The summed E-state index contributed by atoms with van der Waals surface area (Å²) in [7, 11) is 0. The first-order valence-corrected chi connectivity index (χ1v) is 8.43. The van der Waals surface area contributed by atoms with Crippen molar-refractivity contribution in [1.82, 2.24) is 5.32 Å². The van der Waals surface area contributed by atoms with Gasteiger partial charge >= 0.3 is 5.97 Å². The molecule has 1 aliphatic carbocycles. The number of hydrogen-bond acceptors (Lipinski definition) is 6. The van der Waals surface area contributed by atoms with E-state index in [0.717, 1.165) is 12.8 Å². The predicted octanol–water partition coefficient (Wildman–Crippen LogP) is 2.39. The Hall–Kier alpha value is -2.09. The van der Waals surface area contributed by atoms with Crippen LogP contribution < -0.4 is 5.32 Å². The van der Waals surface area contributed by atoms with Gasteiger partial charge in [0.1, 0.15) is 0 Å². The summed E-state index contributed by atoms with van der Waals surface area (Å²) in [6, 6.07) is 4.18. The van der Waals surface area contributed by atoms with Gasteiger partial charge < -0.3 is 10.1 Å². The van der Waals surface area contributed by atoms with E-state index >= 15 is 0 Å². The SMILES string of the molecule is CSc1ccc(C(=O)OCC(=O)N[C@@H](C)C2CC2)cc1[N+](=O)[O-]. The minimum absolute atomic E-state index is 0.0533. The third-order valence-electron chi connectivity index (χ3n) is 3.66. The van der Waals surface area contributed by atoms with Gasteiger partial charge in [-0.1, -0.05) is 0 Å². The Morgan fingerprint density at radius 3 is 2.74 bits per heavy atom. The maximum Gasteiger partial charge on any atom is 0.338 e. The first-order chi connectivity index (χ1) is 10.9. The van der Waals surface area contributed by atoms with Gasteiger partial charge in [-0.05, 0) is 44.1 Å². The molecule has 0 radical (unpaired) electrons. The molecule has 1 aromatic rings. The largest absolute Gasteiger partial charge is 0.452 e. The summed E-state index contributed by atoms with van der Waals surface area (Å²) in [5, 5.41) is 13.8. The second-order valence-corrected chi connectivity index (χ2v) is 6.26. The number of nitrogens with zero attached hydrogens (tertiary/aromatic N) is 1. The smallest absolute Gasteiger partial charge is 0.338 e. The van der Waals surface area contributed by atoms with Crippen molar-refractivity contribution in [2.45, 2.75) is 30.7 Å². The van der Waals surface area contributed by atoms with Gasteiger partial charge in [0.05, 0.1) is 15.4 Å². The van der Waals surface area contributed by atoms with Crippen molar-refractivity contribution >= 4 is 29.3 Å². The van der Waals surface area contributed by atoms with Crippen LogP contribution in [0, 0.1) is 16.0 Å². The lowest BCUT2D eigenvalue weighted by Crippen LogP contribution is -2.37. The highest BCUT2D eigenvalue weighted by Crippen LogP contribution is 2.32. The number of nitrogens with one attached hydrogen (secondary N) is 1. The van der Waals surface area contributed by atoms with Crippen LogP contribution in [0.25, 0.3) is 0 Å². The molecule has 0 bridgehead atoms. The first-order valence-electron chi connectivity index (χ1n) is 7.21. The van der Waals surface area contributed by atoms with Gasteiger partial charge in [0.2, 0.25) is 0 Å².